The Morgan fingerprint density at radius 1 is 1.19 bits per heavy atom. The van der Waals surface area contributed by atoms with Crippen LogP contribution in [0.1, 0.15) is 16.1 Å². The molecule has 0 atom stereocenters. The summed E-state index contributed by atoms with van der Waals surface area (Å²) < 4.78 is 10.3. The maximum atomic E-state index is 12.2. The monoisotopic (exact) mass is 306 g/mol. The molecule has 21 heavy (non-hydrogen) atoms. The summed E-state index contributed by atoms with van der Waals surface area (Å²) in [6, 6.07) is 6.71. The first kappa shape index (κ1) is 15.1. The summed E-state index contributed by atoms with van der Waals surface area (Å²) in [6.45, 7) is 1.89. The van der Waals surface area contributed by atoms with E-state index in [0.29, 0.717) is 27.9 Å². The van der Waals surface area contributed by atoms with Crippen molar-refractivity contribution < 1.29 is 14.3 Å². The third-order valence-corrected chi connectivity index (χ3v) is 3.17. The number of carbonyl (C=O) groups excluding carboxylic acids is 1. The first-order chi connectivity index (χ1) is 10.0. The zero-order valence-electron chi connectivity index (χ0n) is 11.9. The molecule has 0 aliphatic carbocycles. The highest BCUT2D eigenvalue weighted by Gasteiger charge is 2.14. The van der Waals surface area contributed by atoms with Crippen LogP contribution in [0, 0.1) is 6.92 Å². The third kappa shape index (κ3) is 3.44. The van der Waals surface area contributed by atoms with Gasteiger partial charge in [-0.15, -0.1) is 0 Å². The smallest absolute Gasteiger partial charge is 0.274 e. The Morgan fingerprint density at radius 3 is 2.52 bits per heavy atom. The van der Waals surface area contributed by atoms with Crippen LogP contribution >= 0.6 is 11.6 Å². The summed E-state index contributed by atoms with van der Waals surface area (Å²) in [5.74, 6) is 0.563. The summed E-state index contributed by atoms with van der Waals surface area (Å²) in [4.78, 5) is 16.3. The highest BCUT2D eigenvalue weighted by molar-refractivity contribution is 6.32. The number of halogens is 1. The average Bonchev–Trinajstić information content (AvgIpc) is 2.48. The van der Waals surface area contributed by atoms with Gasteiger partial charge < -0.3 is 14.8 Å². The second kappa shape index (κ2) is 6.45. The van der Waals surface area contributed by atoms with Gasteiger partial charge >= 0.3 is 0 Å². The molecule has 0 fully saturated rings. The van der Waals surface area contributed by atoms with Crippen LogP contribution < -0.4 is 14.8 Å². The van der Waals surface area contributed by atoms with Gasteiger partial charge in [0, 0.05) is 18.3 Å². The zero-order chi connectivity index (χ0) is 15.4. The molecule has 110 valence electrons. The van der Waals surface area contributed by atoms with Crippen molar-refractivity contribution in [2.45, 2.75) is 6.92 Å². The zero-order valence-corrected chi connectivity index (χ0v) is 12.7. The standard InChI is InChI=1S/C15H15ClN2O3/c1-9-4-5-17-12(6-9)15(19)18-11-8-13(20-2)10(16)7-14(11)21-3/h4-8H,1-3H3,(H,18,19). The van der Waals surface area contributed by atoms with Crippen LogP contribution in [0.25, 0.3) is 0 Å². The lowest BCUT2D eigenvalue weighted by atomic mass is 10.2. The first-order valence-corrected chi connectivity index (χ1v) is 6.58. The number of benzene rings is 1. The highest BCUT2D eigenvalue weighted by Crippen LogP contribution is 2.35. The van der Waals surface area contributed by atoms with Crippen molar-refractivity contribution in [3.05, 3.63) is 46.7 Å². The quantitative estimate of drug-likeness (QED) is 0.941. The average molecular weight is 307 g/mol. The number of nitrogens with one attached hydrogen (secondary N) is 1. The number of aryl methyl sites for hydroxylation is 1. The van der Waals surface area contributed by atoms with E-state index < -0.39 is 0 Å². The summed E-state index contributed by atoms with van der Waals surface area (Å²) in [7, 11) is 3.00. The van der Waals surface area contributed by atoms with Gasteiger partial charge in [0.2, 0.25) is 0 Å². The predicted octanol–water partition coefficient (Wildman–Crippen LogP) is 3.31. The Balaban J connectivity index is 2.32. The molecule has 0 saturated carbocycles. The van der Waals surface area contributed by atoms with Gasteiger partial charge in [0.25, 0.3) is 5.91 Å². The molecule has 0 bridgehead atoms. The van der Waals surface area contributed by atoms with Crippen LogP contribution in [0.2, 0.25) is 5.02 Å². The molecule has 0 aliphatic heterocycles. The van der Waals surface area contributed by atoms with Gasteiger partial charge in [-0.25, -0.2) is 0 Å². The number of ether oxygens (including phenoxy) is 2. The Bertz CT molecular complexity index is 674. The van der Waals surface area contributed by atoms with Crippen LogP contribution in [-0.2, 0) is 0 Å². The normalized spacial score (nSPS) is 10.1. The third-order valence-electron chi connectivity index (χ3n) is 2.87. The van der Waals surface area contributed by atoms with E-state index in [9.17, 15) is 4.79 Å². The van der Waals surface area contributed by atoms with E-state index in [1.54, 1.807) is 24.4 Å². The first-order valence-electron chi connectivity index (χ1n) is 6.20. The Kier molecular flexibility index (Phi) is 4.65. The lowest BCUT2D eigenvalue weighted by Crippen LogP contribution is -2.14. The molecule has 0 aliphatic rings. The number of aromatic nitrogens is 1. The topological polar surface area (TPSA) is 60.5 Å². The minimum Gasteiger partial charge on any atom is -0.495 e. The fraction of sp³-hybridized carbons (Fsp3) is 0.200. The molecule has 1 amide bonds. The minimum absolute atomic E-state index is 0.325. The lowest BCUT2D eigenvalue weighted by molar-refractivity contribution is 0.102. The van der Waals surface area contributed by atoms with Crippen molar-refractivity contribution in [2.24, 2.45) is 0 Å². The van der Waals surface area contributed by atoms with E-state index in [4.69, 9.17) is 21.1 Å². The molecular weight excluding hydrogens is 292 g/mol. The summed E-state index contributed by atoms with van der Waals surface area (Å²) in [5, 5.41) is 3.15. The minimum atomic E-state index is -0.332. The molecule has 1 aromatic carbocycles. The molecule has 0 unspecified atom stereocenters. The van der Waals surface area contributed by atoms with Crippen molar-refractivity contribution in [3.63, 3.8) is 0 Å². The molecule has 0 spiro atoms. The fourth-order valence-electron chi connectivity index (χ4n) is 1.80. The van der Waals surface area contributed by atoms with Gasteiger partial charge in [0.15, 0.2) is 0 Å². The van der Waals surface area contributed by atoms with Gasteiger partial charge in [-0.2, -0.15) is 0 Å². The fourth-order valence-corrected chi connectivity index (χ4v) is 2.04. The van der Waals surface area contributed by atoms with E-state index in [0.717, 1.165) is 5.56 Å². The predicted molar refractivity (Wildman–Crippen MR) is 81.5 cm³/mol. The summed E-state index contributed by atoms with van der Waals surface area (Å²) >= 11 is 6.02. The summed E-state index contributed by atoms with van der Waals surface area (Å²) in [6.07, 6.45) is 1.59. The number of nitrogens with zero attached hydrogens (tertiary/aromatic N) is 1. The number of carbonyl (C=O) groups is 1. The Hall–Kier alpha value is -2.27. The molecule has 5 nitrogen and oxygen atoms in total. The molecule has 0 radical (unpaired) electrons. The Labute approximate surface area is 127 Å². The molecule has 6 heteroatoms. The van der Waals surface area contributed by atoms with Crippen LogP contribution in [0.4, 0.5) is 5.69 Å². The van der Waals surface area contributed by atoms with Gasteiger partial charge in [-0.1, -0.05) is 11.6 Å². The maximum Gasteiger partial charge on any atom is 0.274 e. The van der Waals surface area contributed by atoms with E-state index in [1.807, 2.05) is 13.0 Å². The second-order valence-corrected chi connectivity index (χ2v) is 4.77. The van der Waals surface area contributed by atoms with Gasteiger partial charge in [0.05, 0.1) is 24.9 Å². The summed E-state index contributed by atoms with van der Waals surface area (Å²) in [5.41, 5.74) is 1.74. The van der Waals surface area contributed by atoms with Crippen LogP contribution in [-0.4, -0.2) is 25.1 Å². The van der Waals surface area contributed by atoms with Crippen molar-refractivity contribution in [3.8, 4) is 11.5 Å². The molecule has 1 N–H and O–H groups in total. The molecule has 1 aromatic heterocycles. The highest BCUT2D eigenvalue weighted by atomic mass is 35.5. The van der Waals surface area contributed by atoms with Gasteiger partial charge in [-0.3, -0.25) is 9.78 Å². The van der Waals surface area contributed by atoms with Gasteiger partial charge in [-0.05, 0) is 24.6 Å². The number of anilines is 1. The van der Waals surface area contributed by atoms with Crippen molar-refractivity contribution in [1.82, 2.24) is 4.98 Å². The van der Waals surface area contributed by atoms with Crippen LogP contribution in [0.5, 0.6) is 11.5 Å². The van der Waals surface area contributed by atoms with Crippen molar-refractivity contribution in [1.29, 1.82) is 0 Å². The van der Waals surface area contributed by atoms with E-state index in [2.05, 4.69) is 10.3 Å². The molecule has 2 rings (SSSR count). The number of pyridine rings is 1. The number of methoxy groups -OCH3 is 2. The van der Waals surface area contributed by atoms with Crippen molar-refractivity contribution >= 4 is 23.2 Å². The SMILES string of the molecule is COc1cc(NC(=O)c2cc(C)ccn2)c(OC)cc1Cl. The Morgan fingerprint density at radius 2 is 1.90 bits per heavy atom. The number of hydrogen-bond acceptors (Lipinski definition) is 4. The lowest BCUT2D eigenvalue weighted by Gasteiger charge is -2.13. The number of amides is 1. The van der Waals surface area contributed by atoms with Crippen LogP contribution in [0.3, 0.4) is 0 Å². The maximum absolute atomic E-state index is 12.2. The number of hydrogen-bond donors (Lipinski definition) is 1. The largest absolute Gasteiger partial charge is 0.495 e. The molecule has 1 heterocycles. The molecule has 2 aromatic rings. The van der Waals surface area contributed by atoms with E-state index in [-0.39, 0.29) is 5.91 Å². The van der Waals surface area contributed by atoms with E-state index in [1.165, 1.54) is 14.2 Å². The van der Waals surface area contributed by atoms with Gasteiger partial charge in [0.1, 0.15) is 17.2 Å². The molecular formula is C15H15ClN2O3. The molecule has 0 saturated heterocycles. The van der Waals surface area contributed by atoms with Crippen LogP contribution in [0.15, 0.2) is 30.5 Å². The number of rotatable bonds is 4. The van der Waals surface area contributed by atoms with E-state index >= 15 is 0 Å². The second-order valence-electron chi connectivity index (χ2n) is 4.36. The van der Waals surface area contributed by atoms with Crippen molar-refractivity contribution in [2.75, 3.05) is 19.5 Å².